The molecule has 0 saturated heterocycles. The minimum Gasteiger partial charge on any atom is -0.481 e. The molecule has 0 rings (SSSR count). The number of hydrogen-bond acceptors (Lipinski definition) is 1. The number of carbonyl (C=O) groups is 1. The lowest BCUT2D eigenvalue weighted by atomic mass is 9.99. The highest BCUT2D eigenvalue weighted by atomic mass is 16.4. The van der Waals surface area contributed by atoms with Gasteiger partial charge >= 0.3 is 5.97 Å². The van der Waals surface area contributed by atoms with Crippen LogP contribution in [0.1, 0.15) is 110 Å². The van der Waals surface area contributed by atoms with Gasteiger partial charge in [-0.05, 0) is 12.3 Å². The Bertz CT molecular complexity index is 226. The number of carboxylic acid groups (broad SMARTS) is 1. The van der Waals surface area contributed by atoms with E-state index < -0.39 is 5.97 Å². The van der Waals surface area contributed by atoms with E-state index in [9.17, 15) is 4.79 Å². The normalized spacial score (nSPS) is 12.5. The van der Waals surface area contributed by atoms with E-state index in [2.05, 4.69) is 13.8 Å². The Morgan fingerprint density at radius 1 is 0.762 bits per heavy atom. The molecule has 2 heteroatoms. The van der Waals surface area contributed by atoms with Crippen molar-refractivity contribution < 1.29 is 9.90 Å². The standard InChI is InChI=1S/C19H38O2/c1-3-18(2)16-14-12-10-8-6-4-5-7-9-11-13-15-17-19(20)21/h18H,3-17H2,1-2H3,(H,20,21). The second kappa shape index (κ2) is 15.9. The molecule has 0 bridgehead atoms. The SMILES string of the molecule is CCC(C)CCCCCCCCCCCCCCC(=O)O. The van der Waals surface area contributed by atoms with Gasteiger partial charge in [0.2, 0.25) is 0 Å². The third kappa shape index (κ3) is 17.4. The molecule has 0 amide bonds. The summed E-state index contributed by atoms with van der Waals surface area (Å²) < 4.78 is 0. The van der Waals surface area contributed by atoms with Crippen LogP contribution in [0, 0.1) is 5.92 Å². The molecule has 0 fully saturated rings. The van der Waals surface area contributed by atoms with Crippen LogP contribution >= 0.6 is 0 Å². The van der Waals surface area contributed by atoms with Gasteiger partial charge in [0.25, 0.3) is 0 Å². The Balaban J connectivity index is 3.01. The Morgan fingerprint density at radius 2 is 1.14 bits per heavy atom. The number of unbranched alkanes of at least 4 members (excludes halogenated alkanes) is 11. The molecule has 0 saturated carbocycles. The van der Waals surface area contributed by atoms with E-state index in [4.69, 9.17) is 5.11 Å². The second-order valence-corrected chi connectivity index (χ2v) is 6.69. The van der Waals surface area contributed by atoms with Gasteiger partial charge in [0, 0.05) is 6.42 Å². The maximum atomic E-state index is 10.3. The fraction of sp³-hybridized carbons (Fsp3) is 0.947. The van der Waals surface area contributed by atoms with Crippen molar-refractivity contribution in [1.29, 1.82) is 0 Å². The van der Waals surface area contributed by atoms with Crippen LogP contribution in [0.5, 0.6) is 0 Å². The quantitative estimate of drug-likeness (QED) is 0.327. The highest BCUT2D eigenvalue weighted by Gasteiger charge is 1.99. The first-order valence-electron chi connectivity index (χ1n) is 9.38. The summed E-state index contributed by atoms with van der Waals surface area (Å²) in [6.45, 7) is 4.65. The summed E-state index contributed by atoms with van der Waals surface area (Å²) in [5.74, 6) is 0.264. The van der Waals surface area contributed by atoms with Crippen LogP contribution in [0.25, 0.3) is 0 Å². The van der Waals surface area contributed by atoms with Crippen molar-refractivity contribution >= 4 is 5.97 Å². The highest BCUT2D eigenvalue weighted by Crippen LogP contribution is 2.15. The van der Waals surface area contributed by atoms with Crippen molar-refractivity contribution in [3.63, 3.8) is 0 Å². The number of carboxylic acids is 1. The molecular formula is C19H38O2. The molecular weight excluding hydrogens is 260 g/mol. The minimum atomic E-state index is -0.654. The van der Waals surface area contributed by atoms with E-state index in [1.54, 1.807) is 0 Å². The first-order valence-corrected chi connectivity index (χ1v) is 9.38. The second-order valence-electron chi connectivity index (χ2n) is 6.69. The van der Waals surface area contributed by atoms with E-state index in [-0.39, 0.29) is 0 Å². The van der Waals surface area contributed by atoms with Gasteiger partial charge in [0.15, 0.2) is 0 Å². The summed E-state index contributed by atoms with van der Waals surface area (Å²) in [6, 6.07) is 0. The first-order chi connectivity index (χ1) is 10.2. The number of aliphatic carboxylic acids is 1. The molecule has 1 N–H and O–H groups in total. The number of rotatable bonds is 16. The van der Waals surface area contributed by atoms with E-state index in [1.807, 2.05) is 0 Å². The summed E-state index contributed by atoms with van der Waals surface area (Å²) in [4.78, 5) is 10.3. The molecule has 0 aliphatic rings. The van der Waals surface area contributed by atoms with E-state index in [1.165, 1.54) is 77.0 Å². The van der Waals surface area contributed by atoms with Gasteiger partial charge in [-0.25, -0.2) is 0 Å². The topological polar surface area (TPSA) is 37.3 Å². The fourth-order valence-corrected chi connectivity index (χ4v) is 2.74. The Morgan fingerprint density at radius 3 is 1.52 bits per heavy atom. The lowest BCUT2D eigenvalue weighted by molar-refractivity contribution is -0.137. The monoisotopic (exact) mass is 298 g/mol. The zero-order valence-electron chi connectivity index (χ0n) is 14.5. The molecule has 2 nitrogen and oxygen atoms in total. The molecule has 21 heavy (non-hydrogen) atoms. The maximum Gasteiger partial charge on any atom is 0.303 e. The van der Waals surface area contributed by atoms with E-state index in [0.29, 0.717) is 6.42 Å². The van der Waals surface area contributed by atoms with Crippen LogP contribution in [0.4, 0.5) is 0 Å². The van der Waals surface area contributed by atoms with E-state index in [0.717, 1.165) is 18.8 Å². The average Bonchev–Trinajstić information content (AvgIpc) is 2.46. The van der Waals surface area contributed by atoms with Crippen molar-refractivity contribution in [2.75, 3.05) is 0 Å². The molecule has 1 atom stereocenters. The average molecular weight is 299 g/mol. The van der Waals surface area contributed by atoms with Gasteiger partial charge < -0.3 is 5.11 Å². The Hall–Kier alpha value is -0.530. The molecule has 0 aromatic carbocycles. The van der Waals surface area contributed by atoms with Crippen molar-refractivity contribution in [1.82, 2.24) is 0 Å². The highest BCUT2D eigenvalue weighted by molar-refractivity contribution is 5.66. The molecule has 0 spiro atoms. The van der Waals surface area contributed by atoms with E-state index >= 15 is 0 Å². The zero-order chi connectivity index (χ0) is 15.8. The van der Waals surface area contributed by atoms with Crippen LogP contribution in [-0.2, 0) is 4.79 Å². The predicted octanol–water partition coefficient (Wildman–Crippen LogP) is 6.58. The molecule has 1 unspecified atom stereocenters. The maximum absolute atomic E-state index is 10.3. The third-order valence-electron chi connectivity index (χ3n) is 4.53. The molecule has 0 heterocycles. The van der Waals surface area contributed by atoms with Gasteiger partial charge in [0.05, 0.1) is 0 Å². The molecule has 0 aliphatic carbocycles. The first kappa shape index (κ1) is 20.5. The smallest absolute Gasteiger partial charge is 0.303 e. The van der Waals surface area contributed by atoms with Gasteiger partial charge in [0.1, 0.15) is 0 Å². The van der Waals surface area contributed by atoms with Gasteiger partial charge in [-0.3, -0.25) is 4.79 Å². The molecule has 0 aromatic rings. The summed E-state index contributed by atoms with van der Waals surface area (Å²) in [7, 11) is 0. The van der Waals surface area contributed by atoms with Crippen LogP contribution in [0.15, 0.2) is 0 Å². The summed E-state index contributed by atoms with van der Waals surface area (Å²) in [6.07, 6.45) is 18.7. The van der Waals surface area contributed by atoms with Crippen molar-refractivity contribution in [2.24, 2.45) is 5.92 Å². The molecule has 0 aromatic heterocycles. The van der Waals surface area contributed by atoms with Crippen LogP contribution < -0.4 is 0 Å². The largest absolute Gasteiger partial charge is 0.481 e. The predicted molar refractivity (Wildman–Crippen MR) is 91.7 cm³/mol. The molecule has 0 aliphatic heterocycles. The molecule has 0 radical (unpaired) electrons. The van der Waals surface area contributed by atoms with Crippen LogP contribution in [0.3, 0.4) is 0 Å². The summed E-state index contributed by atoms with van der Waals surface area (Å²) in [5, 5.41) is 8.53. The van der Waals surface area contributed by atoms with Crippen molar-refractivity contribution in [3.05, 3.63) is 0 Å². The minimum absolute atomic E-state index is 0.344. The third-order valence-corrected chi connectivity index (χ3v) is 4.53. The Kier molecular flexibility index (Phi) is 15.5. The molecule has 126 valence electrons. The van der Waals surface area contributed by atoms with Crippen molar-refractivity contribution in [3.8, 4) is 0 Å². The van der Waals surface area contributed by atoms with Crippen LogP contribution in [-0.4, -0.2) is 11.1 Å². The van der Waals surface area contributed by atoms with Crippen LogP contribution in [0.2, 0.25) is 0 Å². The van der Waals surface area contributed by atoms with Gasteiger partial charge in [-0.1, -0.05) is 97.3 Å². The lowest BCUT2D eigenvalue weighted by Gasteiger charge is -2.07. The fourth-order valence-electron chi connectivity index (χ4n) is 2.74. The lowest BCUT2D eigenvalue weighted by Crippen LogP contribution is -1.93. The summed E-state index contributed by atoms with van der Waals surface area (Å²) >= 11 is 0. The van der Waals surface area contributed by atoms with Crippen molar-refractivity contribution in [2.45, 2.75) is 110 Å². The van der Waals surface area contributed by atoms with Gasteiger partial charge in [-0.15, -0.1) is 0 Å². The van der Waals surface area contributed by atoms with Gasteiger partial charge in [-0.2, -0.15) is 0 Å². The number of hydrogen-bond donors (Lipinski definition) is 1. The zero-order valence-corrected chi connectivity index (χ0v) is 14.5. The summed E-state index contributed by atoms with van der Waals surface area (Å²) in [5.41, 5.74) is 0. The Labute approximate surface area is 132 Å².